The summed E-state index contributed by atoms with van der Waals surface area (Å²) >= 11 is 3.53. The molecule has 1 aliphatic rings. The predicted octanol–water partition coefficient (Wildman–Crippen LogP) is 4.34. The van der Waals surface area contributed by atoms with Crippen molar-refractivity contribution in [2.75, 3.05) is 7.11 Å². The van der Waals surface area contributed by atoms with Gasteiger partial charge < -0.3 is 9.47 Å². The van der Waals surface area contributed by atoms with E-state index in [1.54, 1.807) is 11.6 Å². The van der Waals surface area contributed by atoms with Crippen LogP contribution in [0.25, 0.3) is 5.52 Å². The van der Waals surface area contributed by atoms with Crippen molar-refractivity contribution in [1.29, 1.82) is 0 Å². The number of aromatic nitrogens is 2. The van der Waals surface area contributed by atoms with Crippen LogP contribution in [0.3, 0.4) is 0 Å². The molecule has 1 fully saturated rings. The SMILES string of the molecule is COc1ccc(Br)c2c(C(=O)OCc3ccccc3)c(C3CC3)nn12. The van der Waals surface area contributed by atoms with Crippen molar-refractivity contribution >= 4 is 27.4 Å². The van der Waals surface area contributed by atoms with Crippen molar-refractivity contribution in [3.05, 3.63) is 63.8 Å². The van der Waals surface area contributed by atoms with E-state index in [9.17, 15) is 4.79 Å². The number of fused-ring (bicyclic) bond motifs is 1. The molecule has 25 heavy (non-hydrogen) atoms. The highest BCUT2D eigenvalue weighted by molar-refractivity contribution is 9.10. The van der Waals surface area contributed by atoms with Gasteiger partial charge in [0.2, 0.25) is 5.88 Å². The Kier molecular flexibility index (Phi) is 4.21. The Labute approximate surface area is 153 Å². The van der Waals surface area contributed by atoms with Crippen LogP contribution in [0.5, 0.6) is 5.88 Å². The number of hydrogen-bond acceptors (Lipinski definition) is 4. The highest BCUT2D eigenvalue weighted by atomic mass is 79.9. The maximum Gasteiger partial charge on any atom is 0.342 e. The van der Waals surface area contributed by atoms with Crippen LogP contribution in [-0.2, 0) is 11.3 Å². The second kappa shape index (κ2) is 6.52. The van der Waals surface area contributed by atoms with Crippen molar-refractivity contribution in [2.45, 2.75) is 25.4 Å². The quantitative estimate of drug-likeness (QED) is 0.597. The lowest BCUT2D eigenvalue weighted by atomic mass is 10.1. The number of benzene rings is 1. The van der Waals surface area contributed by atoms with Crippen molar-refractivity contribution in [3.63, 3.8) is 0 Å². The van der Waals surface area contributed by atoms with Crippen LogP contribution in [0.15, 0.2) is 46.9 Å². The summed E-state index contributed by atoms with van der Waals surface area (Å²) in [6.45, 7) is 0.239. The van der Waals surface area contributed by atoms with Crippen LogP contribution in [0, 0.1) is 0 Å². The summed E-state index contributed by atoms with van der Waals surface area (Å²) in [7, 11) is 1.59. The third-order valence-electron chi connectivity index (χ3n) is 4.31. The first-order chi connectivity index (χ1) is 12.2. The molecule has 1 saturated carbocycles. The smallest absolute Gasteiger partial charge is 0.342 e. The maximum absolute atomic E-state index is 12.9. The molecule has 2 aromatic heterocycles. The van der Waals surface area contributed by atoms with Gasteiger partial charge in [0.1, 0.15) is 12.2 Å². The van der Waals surface area contributed by atoms with E-state index in [1.165, 1.54) is 0 Å². The molecule has 0 bridgehead atoms. The van der Waals surface area contributed by atoms with Crippen molar-refractivity contribution in [1.82, 2.24) is 9.61 Å². The van der Waals surface area contributed by atoms with Gasteiger partial charge in [0.25, 0.3) is 0 Å². The standard InChI is InChI=1S/C19H17BrN2O3/c1-24-15-10-9-14(20)18-16(17(13-7-8-13)21-22(15)18)19(23)25-11-12-5-3-2-4-6-12/h2-6,9-10,13H,7-8,11H2,1H3. The van der Waals surface area contributed by atoms with Gasteiger partial charge in [-0.15, -0.1) is 0 Å². The first kappa shape index (κ1) is 16.1. The lowest BCUT2D eigenvalue weighted by molar-refractivity contribution is 0.0473. The zero-order chi connectivity index (χ0) is 17.4. The van der Waals surface area contributed by atoms with Crippen LogP contribution in [0.1, 0.15) is 40.4 Å². The number of hydrogen-bond donors (Lipinski definition) is 0. The molecule has 4 rings (SSSR count). The molecule has 0 saturated heterocycles. The Hall–Kier alpha value is -2.34. The summed E-state index contributed by atoms with van der Waals surface area (Å²) in [6.07, 6.45) is 2.09. The van der Waals surface area contributed by atoms with Gasteiger partial charge in [0, 0.05) is 16.5 Å². The van der Waals surface area contributed by atoms with Gasteiger partial charge in [-0.3, -0.25) is 0 Å². The van der Waals surface area contributed by atoms with Gasteiger partial charge in [-0.1, -0.05) is 30.3 Å². The summed E-state index contributed by atoms with van der Waals surface area (Å²) in [4.78, 5) is 12.9. The van der Waals surface area contributed by atoms with Crippen LogP contribution in [0.4, 0.5) is 0 Å². The fourth-order valence-electron chi connectivity index (χ4n) is 2.90. The Morgan fingerprint density at radius 1 is 1.24 bits per heavy atom. The highest BCUT2D eigenvalue weighted by Gasteiger charge is 2.34. The summed E-state index contributed by atoms with van der Waals surface area (Å²) in [5.74, 6) is 0.549. The highest BCUT2D eigenvalue weighted by Crippen LogP contribution is 2.43. The number of halogens is 1. The summed E-state index contributed by atoms with van der Waals surface area (Å²) < 4.78 is 13.4. The molecule has 0 atom stereocenters. The molecule has 1 aromatic carbocycles. The number of carbonyl (C=O) groups excluding carboxylic acids is 1. The molecule has 0 spiro atoms. The lowest BCUT2D eigenvalue weighted by Crippen LogP contribution is -2.07. The summed E-state index contributed by atoms with van der Waals surface area (Å²) in [5, 5.41) is 4.64. The van der Waals surface area contributed by atoms with E-state index >= 15 is 0 Å². The van der Waals surface area contributed by atoms with E-state index in [1.807, 2.05) is 42.5 Å². The zero-order valence-electron chi connectivity index (χ0n) is 13.7. The normalized spacial score (nSPS) is 13.8. The fourth-order valence-corrected chi connectivity index (χ4v) is 3.40. The molecule has 6 heteroatoms. The monoisotopic (exact) mass is 400 g/mol. The fraction of sp³-hybridized carbons (Fsp3) is 0.263. The van der Waals surface area contributed by atoms with E-state index in [-0.39, 0.29) is 12.6 Å². The Morgan fingerprint density at radius 2 is 2.00 bits per heavy atom. The summed E-state index contributed by atoms with van der Waals surface area (Å²) in [6, 6.07) is 13.3. The van der Waals surface area contributed by atoms with Crippen molar-refractivity contribution < 1.29 is 14.3 Å². The van der Waals surface area contributed by atoms with E-state index in [2.05, 4.69) is 21.0 Å². The average molecular weight is 401 g/mol. The minimum atomic E-state index is -0.352. The number of esters is 1. The molecule has 1 aliphatic carbocycles. The molecular formula is C19H17BrN2O3. The number of pyridine rings is 1. The van der Waals surface area contributed by atoms with Crippen LogP contribution < -0.4 is 4.74 Å². The number of ether oxygens (including phenoxy) is 2. The van der Waals surface area contributed by atoms with Crippen molar-refractivity contribution in [2.24, 2.45) is 0 Å². The van der Waals surface area contributed by atoms with E-state index in [0.717, 1.165) is 28.6 Å². The van der Waals surface area contributed by atoms with Crippen LogP contribution >= 0.6 is 15.9 Å². The molecule has 0 aliphatic heterocycles. The van der Waals surface area contributed by atoms with Gasteiger partial charge in [-0.25, -0.2) is 4.79 Å². The third-order valence-corrected chi connectivity index (χ3v) is 4.95. The zero-order valence-corrected chi connectivity index (χ0v) is 15.3. The Balaban J connectivity index is 1.74. The number of methoxy groups -OCH3 is 1. The van der Waals surface area contributed by atoms with E-state index < -0.39 is 0 Å². The number of nitrogens with zero attached hydrogens (tertiary/aromatic N) is 2. The molecular weight excluding hydrogens is 384 g/mol. The third kappa shape index (κ3) is 3.02. The first-order valence-corrected chi connectivity index (χ1v) is 8.94. The average Bonchev–Trinajstić information content (AvgIpc) is 3.40. The topological polar surface area (TPSA) is 52.8 Å². The van der Waals surface area contributed by atoms with Crippen LogP contribution in [0.2, 0.25) is 0 Å². The van der Waals surface area contributed by atoms with Gasteiger partial charge >= 0.3 is 5.97 Å². The minimum absolute atomic E-state index is 0.239. The Bertz CT molecular complexity index is 933. The van der Waals surface area contributed by atoms with E-state index in [4.69, 9.17) is 9.47 Å². The predicted molar refractivity (Wildman–Crippen MR) is 97.0 cm³/mol. The molecule has 3 aromatic rings. The molecule has 0 amide bonds. The number of rotatable bonds is 5. The van der Waals surface area contributed by atoms with Gasteiger partial charge in [0.05, 0.1) is 18.3 Å². The molecule has 5 nitrogen and oxygen atoms in total. The molecule has 0 unspecified atom stereocenters. The molecule has 128 valence electrons. The first-order valence-electron chi connectivity index (χ1n) is 8.15. The number of carbonyl (C=O) groups is 1. The largest absolute Gasteiger partial charge is 0.481 e. The Morgan fingerprint density at radius 3 is 2.68 bits per heavy atom. The minimum Gasteiger partial charge on any atom is -0.481 e. The van der Waals surface area contributed by atoms with Crippen molar-refractivity contribution in [3.8, 4) is 5.88 Å². The molecule has 2 heterocycles. The summed E-state index contributed by atoms with van der Waals surface area (Å²) in [5.41, 5.74) is 2.98. The second-order valence-electron chi connectivity index (χ2n) is 6.08. The second-order valence-corrected chi connectivity index (χ2v) is 6.93. The van der Waals surface area contributed by atoms with Gasteiger partial charge in [-0.2, -0.15) is 9.61 Å². The van der Waals surface area contributed by atoms with E-state index in [0.29, 0.717) is 22.9 Å². The lowest BCUT2D eigenvalue weighted by Gasteiger charge is -2.07. The molecule has 0 radical (unpaired) electrons. The van der Waals surface area contributed by atoms with Crippen LogP contribution in [-0.4, -0.2) is 22.7 Å². The van der Waals surface area contributed by atoms with Gasteiger partial charge in [-0.05, 0) is 40.4 Å². The van der Waals surface area contributed by atoms with Gasteiger partial charge in [0.15, 0.2) is 0 Å². The maximum atomic E-state index is 12.9. The molecule has 0 N–H and O–H groups in total.